The molecule has 1 aliphatic heterocycles. The molecule has 1 aliphatic rings. The highest BCUT2D eigenvalue weighted by atomic mass is 79.9. The maximum Gasteiger partial charge on any atom is 0.231 e. The second kappa shape index (κ2) is 9.87. The summed E-state index contributed by atoms with van der Waals surface area (Å²) in [6.07, 6.45) is 0.886. The molecule has 0 saturated heterocycles. The molecule has 0 aliphatic carbocycles. The molecule has 4 rings (SSSR count). The summed E-state index contributed by atoms with van der Waals surface area (Å²) in [5, 5.41) is 3.48. The van der Waals surface area contributed by atoms with Gasteiger partial charge in [0.2, 0.25) is 6.79 Å². The minimum absolute atomic E-state index is 0.283. The van der Waals surface area contributed by atoms with Crippen molar-refractivity contribution in [1.82, 2.24) is 5.32 Å². The van der Waals surface area contributed by atoms with Gasteiger partial charge in [-0.05, 0) is 53.9 Å². The van der Waals surface area contributed by atoms with Crippen LogP contribution in [-0.2, 0) is 19.6 Å². The SMILES string of the molecule is COc1cc(CCNCc2cc3c(cc2Br)OCO3)ccc1OCc1ccccc1. The number of nitrogens with one attached hydrogen (secondary N) is 1. The highest BCUT2D eigenvalue weighted by Crippen LogP contribution is 2.36. The summed E-state index contributed by atoms with van der Waals surface area (Å²) >= 11 is 3.60. The van der Waals surface area contributed by atoms with Crippen LogP contribution in [0.25, 0.3) is 0 Å². The van der Waals surface area contributed by atoms with Crippen LogP contribution < -0.4 is 24.3 Å². The van der Waals surface area contributed by atoms with Gasteiger partial charge in [-0.3, -0.25) is 0 Å². The van der Waals surface area contributed by atoms with Crippen LogP contribution in [0.3, 0.4) is 0 Å². The van der Waals surface area contributed by atoms with Crippen LogP contribution in [0.4, 0.5) is 0 Å². The van der Waals surface area contributed by atoms with Crippen molar-refractivity contribution in [3.05, 3.63) is 81.8 Å². The summed E-state index contributed by atoms with van der Waals surface area (Å²) in [7, 11) is 1.67. The minimum atomic E-state index is 0.283. The standard InChI is InChI=1S/C24H24BrNO4/c1-27-22-11-17(7-8-21(22)28-15-18-5-3-2-4-6-18)9-10-26-14-19-12-23-24(13-20(19)25)30-16-29-23/h2-8,11-13,26H,9-10,14-16H2,1H3. The van der Waals surface area contributed by atoms with Crippen molar-refractivity contribution in [3.8, 4) is 23.0 Å². The van der Waals surface area contributed by atoms with Crippen molar-refractivity contribution in [3.63, 3.8) is 0 Å². The molecule has 1 heterocycles. The summed E-state index contributed by atoms with van der Waals surface area (Å²) in [5.74, 6) is 3.09. The lowest BCUT2D eigenvalue weighted by atomic mass is 10.1. The van der Waals surface area contributed by atoms with Crippen LogP contribution in [0.15, 0.2) is 65.1 Å². The maximum absolute atomic E-state index is 5.93. The number of fused-ring (bicyclic) bond motifs is 1. The van der Waals surface area contributed by atoms with Gasteiger partial charge >= 0.3 is 0 Å². The highest BCUT2D eigenvalue weighted by molar-refractivity contribution is 9.10. The smallest absolute Gasteiger partial charge is 0.231 e. The number of hydrogen-bond acceptors (Lipinski definition) is 5. The van der Waals surface area contributed by atoms with Crippen molar-refractivity contribution in [2.24, 2.45) is 0 Å². The number of ether oxygens (including phenoxy) is 4. The summed E-state index contributed by atoms with van der Waals surface area (Å²) in [6.45, 7) is 2.38. The molecule has 6 heteroatoms. The van der Waals surface area contributed by atoms with Crippen LogP contribution in [0.1, 0.15) is 16.7 Å². The van der Waals surface area contributed by atoms with E-state index in [9.17, 15) is 0 Å². The van der Waals surface area contributed by atoms with E-state index >= 15 is 0 Å². The first kappa shape index (κ1) is 20.6. The molecular formula is C24H24BrNO4. The Morgan fingerprint density at radius 2 is 1.73 bits per heavy atom. The Morgan fingerprint density at radius 3 is 2.53 bits per heavy atom. The predicted molar refractivity (Wildman–Crippen MR) is 119 cm³/mol. The second-order valence-electron chi connectivity index (χ2n) is 6.98. The normalized spacial score (nSPS) is 12.1. The molecule has 0 spiro atoms. The van der Waals surface area contributed by atoms with Gasteiger partial charge in [0.05, 0.1) is 7.11 Å². The third kappa shape index (κ3) is 5.07. The van der Waals surface area contributed by atoms with E-state index in [1.807, 2.05) is 54.6 Å². The van der Waals surface area contributed by atoms with Crippen LogP contribution in [-0.4, -0.2) is 20.4 Å². The second-order valence-corrected chi connectivity index (χ2v) is 7.84. The monoisotopic (exact) mass is 469 g/mol. The zero-order valence-electron chi connectivity index (χ0n) is 16.8. The molecule has 0 bridgehead atoms. The van der Waals surface area contributed by atoms with Gasteiger partial charge in [0.25, 0.3) is 0 Å². The van der Waals surface area contributed by atoms with Gasteiger partial charge in [0.1, 0.15) is 6.61 Å². The number of benzene rings is 3. The first-order valence-electron chi connectivity index (χ1n) is 9.85. The van der Waals surface area contributed by atoms with Gasteiger partial charge in [-0.15, -0.1) is 0 Å². The maximum atomic E-state index is 5.93. The van der Waals surface area contributed by atoms with Gasteiger partial charge in [0.15, 0.2) is 23.0 Å². The molecule has 3 aromatic rings. The van der Waals surface area contributed by atoms with Gasteiger partial charge in [-0.2, -0.15) is 0 Å². The van der Waals surface area contributed by atoms with E-state index in [-0.39, 0.29) is 6.79 Å². The van der Waals surface area contributed by atoms with Crippen LogP contribution >= 0.6 is 15.9 Å². The first-order valence-corrected chi connectivity index (χ1v) is 10.6. The molecule has 156 valence electrons. The van der Waals surface area contributed by atoms with Crippen LogP contribution in [0.5, 0.6) is 23.0 Å². The third-order valence-corrected chi connectivity index (χ3v) is 5.65. The predicted octanol–water partition coefficient (Wildman–Crippen LogP) is 5.10. The number of hydrogen-bond donors (Lipinski definition) is 1. The molecule has 0 radical (unpaired) electrons. The lowest BCUT2D eigenvalue weighted by Gasteiger charge is -2.13. The minimum Gasteiger partial charge on any atom is -0.493 e. The molecule has 0 fully saturated rings. The Labute approximate surface area is 185 Å². The number of rotatable bonds is 9. The average Bonchev–Trinajstić information content (AvgIpc) is 3.23. The molecule has 0 aromatic heterocycles. The zero-order valence-corrected chi connectivity index (χ0v) is 18.4. The highest BCUT2D eigenvalue weighted by Gasteiger charge is 2.16. The van der Waals surface area contributed by atoms with E-state index in [1.54, 1.807) is 7.11 Å². The Hall–Kier alpha value is -2.70. The first-order chi connectivity index (χ1) is 14.7. The van der Waals surface area contributed by atoms with E-state index in [1.165, 1.54) is 5.56 Å². The fourth-order valence-electron chi connectivity index (χ4n) is 3.27. The quantitative estimate of drug-likeness (QED) is 0.441. The van der Waals surface area contributed by atoms with Crippen molar-refractivity contribution in [2.45, 2.75) is 19.6 Å². The molecule has 3 aromatic carbocycles. The van der Waals surface area contributed by atoms with Crippen LogP contribution in [0, 0.1) is 0 Å². The summed E-state index contributed by atoms with van der Waals surface area (Å²) in [5.41, 5.74) is 3.46. The zero-order chi connectivity index (χ0) is 20.8. The van der Waals surface area contributed by atoms with Gasteiger partial charge in [-0.1, -0.05) is 52.3 Å². The topological polar surface area (TPSA) is 49.0 Å². The molecule has 0 unspecified atom stereocenters. The molecule has 0 atom stereocenters. The third-order valence-electron chi connectivity index (χ3n) is 4.91. The van der Waals surface area contributed by atoms with Crippen molar-refractivity contribution in [1.29, 1.82) is 0 Å². The Morgan fingerprint density at radius 1 is 0.933 bits per heavy atom. The van der Waals surface area contributed by atoms with Gasteiger partial charge < -0.3 is 24.3 Å². The summed E-state index contributed by atoms with van der Waals surface area (Å²) < 4.78 is 23.3. The van der Waals surface area contributed by atoms with Crippen molar-refractivity contribution >= 4 is 15.9 Å². The molecule has 0 saturated carbocycles. The van der Waals surface area contributed by atoms with E-state index in [2.05, 4.69) is 27.3 Å². The lowest BCUT2D eigenvalue weighted by molar-refractivity contribution is 0.174. The van der Waals surface area contributed by atoms with E-state index in [0.29, 0.717) is 6.61 Å². The summed E-state index contributed by atoms with van der Waals surface area (Å²) in [4.78, 5) is 0. The number of halogens is 1. The van der Waals surface area contributed by atoms with Crippen molar-refractivity contribution < 1.29 is 18.9 Å². The van der Waals surface area contributed by atoms with E-state index < -0.39 is 0 Å². The Kier molecular flexibility index (Phi) is 6.77. The van der Waals surface area contributed by atoms with Crippen LogP contribution in [0.2, 0.25) is 0 Å². The molecule has 30 heavy (non-hydrogen) atoms. The molecule has 0 amide bonds. The van der Waals surface area contributed by atoms with Gasteiger partial charge in [0, 0.05) is 11.0 Å². The molecule has 5 nitrogen and oxygen atoms in total. The van der Waals surface area contributed by atoms with E-state index in [0.717, 1.165) is 58.1 Å². The Bertz CT molecular complexity index is 994. The van der Waals surface area contributed by atoms with Crippen molar-refractivity contribution in [2.75, 3.05) is 20.4 Å². The van der Waals surface area contributed by atoms with E-state index in [4.69, 9.17) is 18.9 Å². The fourth-order valence-corrected chi connectivity index (χ4v) is 3.74. The fraction of sp³-hybridized carbons (Fsp3) is 0.250. The summed E-state index contributed by atoms with van der Waals surface area (Å²) in [6, 6.07) is 20.2. The molecular weight excluding hydrogens is 446 g/mol. The lowest BCUT2D eigenvalue weighted by Crippen LogP contribution is -2.17. The Balaban J connectivity index is 1.29. The molecule has 1 N–H and O–H groups in total. The number of methoxy groups -OCH3 is 1. The van der Waals surface area contributed by atoms with Gasteiger partial charge in [-0.25, -0.2) is 0 Å². The average molecular weight is 470 g/mol. The largest absolute Gasteiger partial charge is 0.493 e.